The number of benzene rings is 1. The van der Waals surface area contributed by atoms with Crippen LogP contribution in [-0.4, -0.2) is 22.2 Å². The molecule has 0 bridgehead atoms. The van der Waals surface area contributed by atoms with Gasteiger partial charge in [-0.1, -0.05) is 35.4 Å². The number of azide groups is 1. The van der Waals surface area contributed by atoms with Gasteiger partial charge in [-0.05, 0) is 11.1 Å². The first-order chi connectivity index (χ1) is 7.16. The van der Waals surface area contributed by atoms with Crippen LogP contribution in [0.25, 0.3) is 10.4 Å². The fourth-order valence-electron chi connectivity index (χ4n) is 1.14. The second-order valence-corrected chi connectivity index (χ2v) is 2.84. The lowest BCUT2D eigenvalue weighted by Gasteiger charge is -2.14. The van der Waals surface area contributed by atoms with Gasteiger partial charge in [-0.3, -0.25) is 4.79 Å². The predicted molar refractivity (Wildman–Crippen MR) is 52.0 cm³/mol. The number of hydrogen-bond acceptors (Lipinski definition) is 3. The predicted octanol–water partition coefficient (Wildman–Crippen LogP) is 1.48. The summed E-state index contributed by atoms with van der Waals surface area (Å²) in [5.41, 5.74) is 8.57. The van der Waals surface area contributed by atoms with Gasteiger partial charge in [-0.15, -0.1) is 0 Å². The molecule has 2 N–H and O–H groups in total. The van der Waals surface area contributed by atoms with Crippen LogP contribution < -0.4 is 0 Å². The first-order valence-electron chi connectivity index (χ1n) is 4.17. The maximum absolute atomic E-state index is 10.7. The first-order valence-corrected chi connectivity index (χ1v) is 4.17. The van der Waals surface area contributed by atoms with E-state index >= 15 is 0 Å². The molecular formula is C9H9N3O3. The van der Waals surface area contributed by atoms with Crippen molar-refractivity contribution in [1.29, 1.82) is 0 Å². The topological polar surface area (TPSA) is 106 Å². The van der Waals surface area contributed by atoms with Crippen molar-refractivity contribution >= 4 is 5.97 Å². The van der Waals surface area contributed by atoms with Crippen LogP contribution >= 0.6 is 0 Å². The lowest BCUT2D eigenvalue weighted by molar-refractivity contribution is -0.141. The van der Waals surface area contributed by atoms with Crippen molar-refractivity contribution in [3.8, 4) is 0 Å². The monoisotopic (exact) mass is 207 g/mol. The number of aliphatic carboxylic acids is 1. The SMILES string of the molecule is [N-]=[N+]=NC(C(=O)O)C(O)c1ccccc1. The van der Waals surface area contributed by atoms with Crippen LogP contribution in [0.15, 0.2) is 35.4 Å². The van der Waals surface area contributed by atoms with E-state index in [-0.39, 0.29) is 0 Å². The van der Waals surface area contributed by atoms with Crippen molar-refractivity contribution in [2.24, 2.45) is 5.11 Å². The summed E-state index contributed by atoms with van der Waals surface area (Å²) in [4.78, 5) is 13.1. The normalized spacial score (nSPS) is 13.7. The van der Waals surface area contributed by atoms with Crippen molar-refractivity contribution in [1.82, 2.24) is 0 Å². The van der Waals surface area contributed by atoms with Gasteiger partial charge in [0.2, 0.25) is 0 Å². The molecule has 1 aromatic rings. The molecule has 1 aromatic carbocycles. The van der Waals surface area contributed by atoms with Crippen LogP contribution in [0.2, 0.25) is 0 Å². The van der Waals surface area contributed by atoms with Crippen LogP contribution in [0.1, 0.15) is 11.7 Å². The van der Waals surface area contributed by atoms with E-state index in [9.17, 15) is 9.90 Å². The molecule has 0 aromatic heterocycles. The van der Waals surface area contributed by atoms with Crippen molar-refractivity contribution in [3.63, 3.8) is 0 Å². The Balaban J connectivity index is 2.95. The highest BCUT2D eigenvalue weighted by atomic mass is 16.4. The lowest BCUT2D eigenvalue weighted by Crippen LogP contribution is -2.25. The molecule has 0 fully saturated rings. The molecule has 0 aliphatic carbocycles. The first kappa shape index (κ1) is 11.0. The Bertz CT molecular complexity index is 385. The highest BCUT2D eigenvalue weighted by Gasteiger charge is 2.26. The van der Waals surface area contributed by atoms with Gasteiger partial charge in [0.15, 0.2) is 6.04 Å². The number of hydrogen-bond donors (Lipinski definition) is 2. The summed E-state index contributed by atoms with van der Waals surface area (Å²) in [7, 11) is 0. The van der Waals surface area contributed by atoms with Crippen molar-refractivity contribution < 1.29 is 15.0 Å². The number of carbonyl (C=O) groups is 1. The molecule has 0 saturated heterocycles. The fourth-order valence-corrected chi connectivity index (χ4v) is 1.14. The average Bonchev–Trinajstić information content (AvgIpc) is 2.26. The highest BCUT2D eigenvalue weighted by Crippen LogP contribution is 2.19. The maximum atomic E-state index is 10.7. The number of aliphatic hydroxyl groups is 1. The summed E-state index contributed by atoms with van der Waals surface area (Å²) in [5.74, 6) is -1.36. The zero-order valence-electron chi connectivity index (χ0n) is 7.69. The number of carboxylic acids is 1. The summed E-state index contributed by atoms with van der Waals surface area (Å²) >= 11 is 0. The second kappa shape index (κ2) is 4.99. The molecule has 0 saturated carbocycles. The molecule has 1 rings (SSSR count). The Morgan fingerprint density at radius 1 is 1.40 bits per heavy atom. The molecule has 0 spiro atoms. The third kappa shape index (κ3) is 2.70. The molecule has 0 aliphatic heterocycles. The molecule has 6 heteroatoms. The Kier molecular flexibility index (Phi) is 3.68. The molecule has 0 radical (unpaired) electrons. The molecule has 0 amide bonds. The van der Waals surface area contributed by atoms with Crippen molar-refractivity contribution in [2.75, 3.05) is 0 Å². The molecule has 78 valence electrons. The third-order valence-corrected chi connectivity index (χ3v) is 1.87. The Hall–Kier alpha value is -2.04. The van der Waals surface area contributed by atoms with E-state index in [1.165, 1.54) is 0 Å². The zero-order valence-corrected chi connectivity index (χ0v) is 7.69. The quantitative estimate of drug-likeness (QED) is 0.443. The van der Waals surface area contributed by atoms with E-state index in [1.807, 2.05) is 0 Å². The molecule has 0 aliphatic rings. The van der Waals surface area contributed by atoms with Gasteiger partial charge >= 0.3 is 5.97 Å². The number of carboxylic acid groups (broad SMARTS) is 1. The smallest absolute Gasteiger partial charge is 0.315 e. The Morgan fingerprint density at radius 3 is 2.47 bits per heavy atom. The van der Waals surface area contributed by atoms with Gasteiger partial charge in [0.1, 0.15) is 0 Å². The van der Waals surface area contributed by atoms with Crippen LogP contribution in [-0.2, 0) is 4.79 Å². The molecule has 0 heterocycles. The molecule has 15 heavy (non-hydrogen) atoms. The van der Waals surface area contributed by atoms with Gasteiger partial charge < -0.3 is 10.2 Å². The van der Waals surface area contributed by atoms with E-state index in [1.54, 1.807) is 30.3 Å². The number of rotatable bonds is 4. The standard InChI is InChI=1S/C9H9N3O3/c10-12-11-7(9(14)15)8(13)6-4-2-1-3-5-6/h1-5,7-8,13H,(H,14,15). The third-order valence-electron chi connectivity index (χ3n) is 1.87. The van der Waals surface area contributed by atoms with Gasteiger partial charge in [0.05, 0.1) is 6.10 Å². The van der Waals surface area contributed by atoms with E-state index < -0.39 is 18.1 Å². The Labute approximate surface area is 85.4 Å². The number of aliphatic hydroxyl groups excluding tert-OH is 1. The fraction of sp³-hybridized carbons (Fsp3) is 0.222. The van der Waals surface area contributed by atoms with Crippen LogP contribution in [0.4, 0.5) is 0 Å². The molecule has 2 unspecified atom stereocenters. The number of nitrogens with zero attached hydrogens (tertiary/aromatic N) is 3. The van der Waals surface area contributed by atoms with Gasteiger partial charge in [-0.2, -0.15) is 0 Å². The average molecular weight is 207 g/mol. The highest BCUT2D eigenvalue weighted by molar-refractivity contribution is 5.74. The second-order valence-electron chi connectivity index (χ2n) is 2.84. The molecular weight excluding hydrogens is 198 g/mol. The minimum absolute atomic E-state index is 0.400. The van der Waals surface area contributed by atoms with Gasteiger partial charge in [-0.25, -0.2) is 0 Å². The van der Waals surface area contributed by atoms with E-state index in [0.717, 1.165) is 0 Å². The van der Waals surface area contributed by atoms with Crippen LogP contribution in [0.5, 0.6) is 0 Å². The van der Waals surface area contributed by atoms with Gasteiger partial charge in [0, 0.05) is 4.91 Å². The van der Waals surface area contributed by atoms with Crippen molar-refractivity contribution in [3.05, 3.63) is 46.3 Å². The summed E-state index contributed by atoms with van der Waals surface area (Å²) in [5, 5.41) is 21.4. The maximum Gasteiger partial charge on any atom is 0.315 e. The summed E-state index contributed by atoms with van der Waals surface area (Å²) in [6.07, 6.45) is -1.33. The summed E-state index contributed by atoms with van der Waals surface area (Å²) in [6.45, 7) is 0. The van der Waals surface area contributed by atoms with E-state index in [2.05, 4.69) is 10.0 Å². The van der Waals surface area contributed by atoms with Crippen LogP contribution in [0, 0.1) is 0 Å². The Morgan fingerprint density at radius 2 is 2.00 bits per heavy atom. The largest absolute Gasteiger partial charge is 0.481 e. The van der Waals surface area contributed by atoms with E-state index in [0.29, 0.717) is 5.56 Å². The summed E-state index contributed by atoms with van der Waals surface area (Å²) in [6, 6.07) is 6.68. The molecule has 6 nitrogen and oxygen atoms in total. The minimum Gasteiger partial charge on any atom is -0.481 e. The lowest BCUT2D eigenvalue weighted by atomic mass is 10.0. The van der Waals surface area contributed by atoms with Crippen molar-refractivity contribution in [2.45, 2.75) is 12.1 Å². The zero-order chi connectivity index (χ0) is 11.3. The summed E-state index contributed by atoms with van der Waals surface area (Å²) < 4.78 is 0. The molecule has 2 atom stereocenters. The van der Waals surface area contributed by atoms with Gasteiger partial charge in [0.25, 0.3) is 0 Å². The van der Waals surface area contributed by atoms with E-state index in [4.69, 9.17) is 10.6 Å². The van der Waals surface area contributed by atoms with Crippen LogP contribution in [0.3, 0.4) is 0 Å². The minimum atomic E-state index is -1.50.